The summed E-state index contributed by atoms with van der Waals surface area (Å²) in [7, 11) is -1.95. The molecular weight excluding hydrogens is 323 g/mol. The molecule has 1 aliphatic carbocycles. The molecule has 0 nitrogen and oxygen atoms in total. The van der Waals surface area contributed by atoms with E-state index in [0.29, 0.717) is 5.92 Å². The minimum Gasteiger partial charge on any atom is -0.102 e. The summed E-state index contributed by atoms with van der Waals surface area (Å²) in [6.07, 6.45) is 6.84. The zero-order valence-electron chi connectivity index (χ0n) is 14.7. The summed E-state index contributed by atoms with van der Waals surface area (Å²) in [5.74, 6) is 0.407. The zero-order valence-corrected chi connectivity index (χ0v) is 16.6. The normalized spacial score (nSPS) is 17.6. The molecule has 1 unspecified atom stereocenters. The Morgan fingerprint density at radius 3 is 1.79 bits per heavy atom. The highest BCUT2D eigenvalue weighted by Crippen LogP contribution is 2.51. The summed E-state index contributed by atoms with van der Waals surface area (Å²) in [6, 6.07) is 22.0. The summed E-state index contributed by atoms with van der Waals surface area (Å²) < 4.78 is 0. The lowest BCUT2D eigenvalue weighted by atomic mass is 10.2. The van der Waals surface area contributed by atoms with Gasteiger partial charge in [-0.25, -0.2) is 0 Å². The van der Waals surface area contributed by atoms with E-state index in [1.165, 1.54) is 10.6 Å². The van der Waals surface area contributed by atoms with Crippen molar-refractivity contribution in [2.75, 3.05) is 0 Å². The lowest BCUT2D eigenvalue weighted by Crippen LogP contribution is -2.28. The maximum Gasteiger partial charge on any atom is 0.0744 e. The molecule has 1 aliphatic rings. The molecule has 24 heavy (non-hydrogen) atoms. The first-order valence-corrected chi connectivity index (χ1v) is 13.3. The average molecular weight is 349 g/mol. The Balaban J connectivity index is 2.22. The molecule has 3 rings (SSSR count). The Morgan fingerprint density at radius 1 is 0.875 bits per heavy atom. The van der Waals surface area contributed by atoms with Crippen molar-refractivity contribution in [1.29, 1.82) is 0 Å². The highest BCUT2D eigenvalue weighted by Gasteiger charge is 2.33. The Bertz CT molecular complexity index is 727. The van der Waals surface area contributed by atoms with Crippen LogP contribution in [0.25, 0.3) is 0 Å². The molecule has 0 amide bonds. The minimum absolute atomic E-state index is 0.407. The molecule has 0 N–H and O–H groups in total. The van der Waals surface area contributed by atoms with Crippen LogP contribution in [0.5, 0.6) is 0 Å². The fraction of sp³-hybridized carbons (Fsp3) is 0.182. The summed E-state index contributed by atoms with van der Waals surface area (Å²) in [5, 5.41) is 6.06. The second-order valence-electron chi connectivity index (χ2n) is 7.18. The molecule has 2 heteroatoms. The van der Waals surface area contributed by atoms with Crippen molar-refractivity contribution in [1.82, 2.24) is 0 Å². The van der Waals surface area contributed by atoms with Gasteiger partial charge in [0.05, 0.1) is 8.07 Å². The second-order valence-corrected chi connectivity index (χ2v) is 14.4. The van der Waals surface area contributed by atoms with Gasteiger partial charge in [0.2, 0.25) is 0 Å². The third-order valence-corrected chi connectivity index (χ3v) is 9.33. The molecule has 2 aromatic rings. The summed E-state index contributed by atoms with van der Waals surface area (Å²) >= 11 is 0. The number of benzene rings is 2. The second kappa shape index (κ2) is 7.05. The first-order chi connectivity index (χ1) is 11.5. The van der Waals surface area contributed by atoms with Crippen LogP contribution in [0.3, 0.4) is 0 Å². The molecule has 122 valence electrons. The predicted octanol–water partition coefficient (Wildman–Crippen LogP) is 5.62. The maximum atomic E-state index is 4.09. The lowest BCUT2D eigenvalue weighted by Gasteiger charge is -2.29. The largest absolute Gasteiger partial charge is 0.102 e. The van der Waals surface area contributed by atoms with E-state index in [9.17, 15) is 0 Å². The Hall–Kier alpha value is -1.69. The van der Waals surface area contributed by atoms with Crippen LogP contribution in [-0.4, -0.2) is 8.07 Å². The lowest BCUT2D eigenvalue weighted by molar-refractivity contribution is 1.05. The zero-order chi connectivity index (χ0) is 17.2. The van der Waals surface area contributed by atoms with E-state index in [0.717, 1.165) is 0 Å². The van der Waals surface area contributed by atoms with E-state index in [2.05, 4.69) is 105 Å². The van der Waals surface area contributed by atoms with Gasteiger partial charge >= 0.3 is 0 Å². The molecule has 0 aliphatic heterocycles. The molecule has 0 aromatic heterocycles. The maximum absolute atomic E-state index is 4.09. The van der Waals surface area contributed by atoms with E-state index in [1.54, 1.807) is 10.5 Å². The van der Waals surface area contributed by atoms with Crippen molar-refractivity contribution in [3.05, 3.63) is 96.0 Å². The Labute approximate surface area is 148 Å². The highest BCUT2D eigenvalue weighted by molar-refractivity contribution is 7.77. The number of hydrogen-bond donors (Lipinski definition) is 0. The molecule has 0 heterocycles. The fourth-order valence-corrected chi connectivity index (χ4v) is 9.24. The van der Waals surface area contributed by atoms with Crippen molar-refractivity contribution in [3.8, 4) is 0 Å². The van der Waals surface area contributed by atoms with Crippen LogP contribution >= 0.6 is 7.92 Å². The van der Waals surface area contributed by atoms with Crippen molar-refractivity contribution < 1.29 is 0 Å². The molecule has 2 aromatic carbocycles. The Morgan fingerprint density at radius 2 is 1.38 bits per heavy atom. The van der Waals surface area contributed by atoms with Crippen molar-refractivity contribution >= 4 is 26.6 Å². The molecular formula is C22H25PSi. The average Bonchev–Trinajstić information content (AvgIpc) is 3.01. The number of hydrogen-bond acceptors (Lipinski definition) is 0. The van der Waals surface area contributed by atoms with Gasteiger partial charge in [-0.05, 0) is 23.8 Å². The van der Waals surface area contributed by atoms with Crippen LogP contribution in [0.1, 0.15) is 0 Å². The minimum atomic E-state index is -1.44. The monoisotopic (exact) mass is 348 g/mol. The van der Waals surface area contributed by atoms with Gasteiger partial charge in [0.25, 0.3) is 0 Å². The molecule has 0 saturated carbocycles. The summed E-state index contributed by atoms with van der Waals surface area (Å²) in [5.41, 5.74) is 0. The van der Waals surface area contributed by atoms with Gasteiger partial charge in [-0.15, -0.1) is 6.58 Å². The van der Waals surface area contributed by atoms with Crippen LogP contribution in [0.15, 0.2) is 96.0 Å². The SMILES string of the molecule is C=CC1C=CC(P(c2ccccc2)c2ccccc2)=C1[Si](C)(C)C. The first kappa shape index (κ1) is 17.1. The quantitative estimate of drug-likeness (QED) is 0.373. The molecule has 0 saturated heterocycles. The third-order valence-electron chi connectivity index (χ3n) is 4.40. The summed E-state index contributed by atoms with van der Waals surface area (Å²) in [4.78, 5) is 0. The molecule has 1 atom stereocenters. The van der Waals surface area contributed by atoms with Crippen LogP contribution < -0.4 is 10.6 Å². The summed E-state index contributed by atoms with van der Waals surface area (Å²) in [6.45, 7) is 11.5. The number of rotatable bonds is 5. The van der Waals surface area contributed by atoms with Crippen molar-refractivity contribution in [2.24, 2.45) is 5.92 Å². The fourth-order valence-electron chi connectivity index (χ4n) is 3.41. The van der Waals surface area contributed by atoms with E-state index in [4.69, 9.17) is 0 Å². The predicted molar refractivity (Wildman–Crippen MR) is 112 cm³/mol. The van der Waals surface area contributed by atoms with Gasteiger partial charge in [-0.2, -0.15) is 0 Å². The standard InChI is InChI=1S/C22H25PSi/c1-5-18-16-17-21(22(18)24(2,3)4)23(19-12-8-6-9-13-19)20-14-10-7-11-15-20/h5-18H,1H2,2-4H3. The van der Waals surface area contributed by atoms with Crippen LogP contribution in [-0.2, 0) is 0 Å². The van der Waals surface area contributed by atoms with Gasteiger partial charge < -0.3 is 0 Å². The van der Waals surface area contributed by atoms with Crippen LogP contribution in [0.4, 0.5) is 0 Å². The molecule has 0 radical (unpaired) electrons. The van der Waals surface area contributed by atoms with Gasteiger partial charge in [-0.3, -0.25) is 0 Å². The first-order valence-electron chi connectivity index (χ1n) is 8.48. The molecule has 0 fully saturated rings. The van der Waals surface area contributed by atoms with E-state index in [1.807, 2.05) is 0 Å². The highest BCUT2D eigenvalue weighted by atomic mass is 31.1. The van der Waals surface area contributed by atoms with Crippen molar-refractivity contribution in [2.45, 2.75) is 19.6 Å². The van der Waals surface area contributed by atoms with Crippen LogP contribution in [0.2, 0.25) is 19.6 Å². The Kier molecular flexibility index (Phi) is 5.03. The van der Waals surface area contributed by atoms with E-state index < -0.39 is 16.0 Å². The third kappa shape index (κ3) is 3.38. The van der Waals surface area contributed by atoms with Gasteiger partial charge in [-0.1, -0.05) is 104 Å². The van der Waals surface area contributed by atoms with Gasteiger partial charge in [0.15, 0.2) is 0 Å². The van der Waals surface area contributed by atoms with E-state index in [-0.39, 0.29) is 0 Å². The van der Waals surface area contributed by atoms with E-state index >= 15 is 0 Å². The topological polar surface area (TPSA) is 0 Å². The van der Waals surface area contributed by atoms with Gasteiger partial charge in [0, 0.05) is 5.92 Å². The number of allylic oxidation sites excluding steroid dienone is 5. The smallest absolute Gasteiger partial charge is 0.0744 e. The van der Waals surface area contributed by atoms with Crippen LogP contribution in [0, 0.1) is 5.92 Å². The van der Waals surface area contributed by atoms with Crippen molar-refractivity contribution in [3.63, 3.8) is 0 Å². The molecule has 0 spiro atoms. The van der Waals surface area contributed by atoms with Gasteiger partial charge in [0.1, 0.15) is 0 Å². The molecule has 0 bridgehead atoms.